The van der Waals surface area contributed by atoms with E-state index in [2.05, 4.69) is 0 Å². The Hall–Kier alpha value is -4.35. The molecule has 1 unspecified atom stereocenters. The molecule has 0 aliphatic carbocycles. The van der Waals surface area contributed by atoms with Crippen molar-refractivity contribution in [2.75, 3.05) is 0 Å². The van der Waals surface area contributed by atoms with Gasteiger partial charge in [0.2, 0.25) is 0 Å². The highest BCUT2D eigenvalue weighted by Crippen LogP contribution is 2.08. The lowest BCUT2D eigenvalue weighted by Crippen LogP contribution is -2.06. The molecule has 33 heavy (non-hydrogen) atoms. The lowest BCUT2D eigenvalue weighted by Gasteiger charge is -1.98. The van der Waals surface area contributed by atoms with Gasteiger partial charge in [0.05, 0.1) is 27.1 Å². The summed E-state index contributed by atoms with van der Waals surface area (Å²) in [6, 6.07) is 19.4. The predicted molar refractivity (Wildman–Crippen MR) is 116 cm³/mol. The summed E-state index contributed by atoms with van der Waals surface area (Å²) in [7, 11) is 0. The fourth-order valence-electron chi connectivity index (χ4n) is 2.25. The molecule has 0 aliphatic heterocycles. The van der Waals surface area contributed by atoms with Gasteiger partial charge in [0, 0.05) is 0 Å². The van der Waals surface area contributed by atoms with Gasteiger partial charge in [0.1, 0.15) is 0 Å². The highest BCUT2D eigenvalue weighted by Gasteiger charge is 2.14. The Labute approximate surface area is 189 Å². The average Bonchev–Trinajstić information content (AvgIpc) is 2.80. The number of rotatable bonds is 5. The van der Waals surface area contributed by atoms with Gasteiger partial charge >= 0.3 is 23.9 Å². The third-order valence-corrected chi connectivity index (χ3v) is 4.40. The van der Waals surface area contributed by atoms with E-state index in [0.29, 0.717) is 4.90 Å². The van der Waals surface area contributed by atoms with Gasteiger partial charge in [-0.25, -0.2) is 23.4 Å². The SMILES string of the molecule is O=C(O)c1ccccc1C(=O)O.O=C(O)c1ccccc1C(=O)O.O=S(O)c1ccccc1. The number of carbonyl (C=O) groups is 4. The molecule has 0 saturated carbocycles. The molecule has 0 bridgehead atoms. The second kappa shape index (κ2) is 13.1. The zero-order valence-electron chi connectivity index (χ0n) is 16.7. The van der Waals surface area contributed by atoms with Crippen LogP contribution < -0.4 is 0 Å². The van der Waals surface area contributed by atoms with E-state index in [-0.39, 0.29) is 22.3 Å². The van der Waals surface area contributed by atoms with E-state index in [1.165, 1.54) is 48.5 Å². The van der Waals surface area contributed by atoms with Crippen LogP contribution in [0.2, 0.25) is 0 Å². The Morgan fingerprint density at radius 3 is 0.909 bits per heavy atom. The molecule has 3 aromatic carbocycles. The molecule has 0 spiro atoms. The zero-order chi connectivity index (χ0) is 25.0. The van der Waals surface area contributed by atoms with Crippen LogP contribution in [0.4, 0.5) is 0 Å². The number of carboxylic acid groups (broad SMARTS) is 4. The third-order valence-electron chi connectivity index (χ3n) is 3.72. The fourth-order valence-corrected chi connectivity index (χ4v) is 2.64. The first-order valence-electron chi connectivity index (χ1n) is 8.83. The summed E-state index contributed by atoms with van der Waals surface area (Å²) in [6.07, 6.45) is 0. The topological polar surface area (TPSA) is 186 Å². The van der Waals surface area contributed by atoms with E-state index in [9.17, 15) is 23.4 Å². The number of hydrogen-bond donors (Lipinski definition) is 5. The van der Waals surface area contributed by atoms with Crippen molar-refractivity contribution < 1.29 is 48.4 Å². The van der Waals surface area contributed by atoms with Crippen molar-refractivity contribution in [2.24, 2.45) is 0 Å². The largest absolute Gasteiger partial charge is 0.478 e. The lowest BCUT2D eigenvalue weighted by atomic mass is 10.1. The van der Waals surface area contributed by atoms with Gasteiger partial charge < -0.3 is 25.0 Å². The molecule has 0 aromatic heterocycles. The minimum atomic E-state index is -1.83. The van der Waals surface area contributed by atoms with Gasteiger partial charge in [-0.1, -0.05) is 42.5 Å². The highest BCUT2D eigenvalue weighted by molar-refractivity contribution is 7.79. The molecule has 11 heteroatoms. The monoisotopic (exact) mass is 474 g/mol. The van der Waals surface area contributed by atoms with Crippen LogP contribution in [0.1, 0.15) is 41.4 Å². The number of carboxylic acids is 4. The van der Waals surface area contributed by atoms with Crippen molar-refractivity contribution in [1.82, 2.24) is 0 Å². The summed E-state index contributed by atoms with van der Waals surface area (Å²) in [5.74, 6) is -4.91. The van der Waals surface area contributed by atoms with Crippen molar-refractivity contribution in [1.29, 1.82) is 0 Å². The van der Waals surface area contributed by atoms with Gasteiger partial charge in [-0.3, -0.25) is 0 Å². The molecule has 0 amide bonds. The molecule has 3 rings (SSSR count). The van der Waals surface area contributed by atoms with Gasteiger partial charge in [0.15, 0.2) is 11.1 Å². The normalized spacial score (nSPS) is 10.3. The summed E-state index contributed by atoms with van der Waals surface area (Å²) in [5, 5.41) is 34.2. The van der Waals surface area contributed by atoms with Crippen LogP contribution >= 0.6 is 0 Å². The molecule has 1 atom stereocenters. The Bertz CT molecular complexity index is 1030. The Morgan fingerprint density at radius 2 is 0.727 bits per heavy atom. The summed E-state index contributed by atoms with van der Waals surface area (Å²) in [4.78, 5) is 42.3. The number of aromatic carboxylic acids is 4. The quantitative estimate of drug-likeness (QED) is 0.343. The van der Waals surface area contributed by atoms with Crippen LogP contribution in [0.5, 0.6) is 0 Å². The molecule has 0 heterocycles. The summed E-state index contributed by atoms with van der Waals surface area (Å²) >= 11 is -1.83. The van der Waals surface area contributed by atoms with E-state index in [1.807, 2.05) is 0 Å². The highest BCUT2D eigenvalue weighted by atomic mass is 32.2. The van der Waals surface area contributed by atoms with Gasteiger partial charge in [0.25, 0.3) is 0 Å². The first-order chi connectivity index (χ1) is 15.6. The smallest absolute Gasteiger partial charge is 0.336 e. The molecular weight excluding hydrogens is 456 g/mol. The standard InChI is InChI=1S/2C8H6O4.C6H6O2S/c2*9-7(10)5-3-1-2-4-6(5)8(11)12;7-9(8)6-4-2-1-3-5-6/h2*1-4H,(H,9,10)(H,11,12);1-5H,(H,7,8). The number of hydrogen-bond acceptors (Lipinski definition) is 5. The molecule has 0 fully saturated rings. The van der Waals surface area contributed by atoms with E-state index in [4.69, 9.17) is 25.0 Å². The van der Waals surface area contributed by atoms with Crippen LogP contribution in [0, 0.1) is 0 Å². The van der Waals surface area contributed by atoms with Crippen LogP contribution in [0.15, 0.2) is 83.8 Å². The van der Waals surface area contributed by atoms with Gasteiger partial charge in [-0.05, 0) is 36.4 Å². The van der Waals surface area contributed by atoms with Gasteiger partial charge in [-0.2, -0.15) is 0 Å². The van der Waals surface area contributed by atoms with Crippen LogP contribution in [-0.4, -0.2) is 53.1 Å². The Morgan fingerprint density at radius 1 is 0.485 bits per heavy atom. The van der Waals surface area contributed by atoms with Crippen molar-refractivity contribution in [3.8, 4) is 0 Å². The van der Waals surface area contributed by atoms with E-state index < -0.39 is 35.0 Å². The minimum absolute atomic E-state index is 0.190. The first-order valence-corrected chi connectivity index (χ1v) is 9.94. The molecular formula is C22H18O10S. The number of benzene rings is 3. The molecule has 5 N–H and O–H groups in total. The lowest BCUT2D eigenvalue weighted by molar-refractivity contribution is 0.0651. The van der Waals surface area contributed by atoms with Crippen LogP contribution in [-0.2, 0) is 11.1 Å². The second-order valence-electron chi connectivity index (χ2n) is 5.87. The Balaban J connectivity index is 0.000000250. The molecule has 0 saturated heterocycles. The summed E-state index contributed by atoms with van der Waals surface area (Å²) in [5.41, 5.74) is -0.759. The predicted octanol–water partition coefficient (Wildman–Crippen LogP) is 3.43. The Kier molecular flexibility index (Phi) is 10.6. The fraction of sp³-hybridized carbons (Fsp3) is 0. The van der Waals surface area contributed by atoms with E-state index in [1.54, 1.807) is 30.3 Å². The molecule has 0 radical (unpaired) electrons. The second-order valence-corrected chi connectivity index (χ2v) is 6.84. The third kappa shape index (κ3) is 8.73. The maximum absolute atomic E-state index is 10.5. The molecule has 0 aliphatic rings. The minimum Gasteiger partial charge on any atom is -0.478 e. The van der Waals surface area contributed by atoms with Gasteiger partial charge in [-0.15, -0.1) is 0 Å². The molecule has 172 valence electrons. The average molecular weight is 474 g/mol. The van der Waals surface area contributed by atoms with Crippen molar-refractivity contribution in [2.45, 2.75) is 4.90 Å². The van der Waals surface area contributed by atoms with E-state index >= 15 is 0 Å². The zero-order valence-corrected chi connectivity index (χ0v) is 17.5. The maximum Gasteiger partial charge on any atom is 0.336 e. The summed E-state index contributed by atoms with van der Waals surface area (Å²) in [6.45, 7) is 0. The molecule has 10 nitrogen and oxygen atoms in total. The van der Waals surface area contributed by atoms with Crippen molar-refractivity contribution in [3.05, 3.63) is 101 Å². The van der Waals surface area contributed by atoms with Crippen LogP contribution in [0.3, 0.4) is 0 Å². The van der Waals surface area contributed by atoms with Crippen molar-refractivity contribution in [3.63, 3.8) is 0 Å². The van der Waals surface area contributed by atoms with Crippen molar-refractivity contribution >= 4 is 35.0 Å². The molecule has 3 aromatic rings. The van der Waals surface area contributed by atoms with E-state index in [0.717, 1.165) is 0 Å². The van der Waals surface area contributed by atoms with Crippen LogP contribution in [0.25, 0.3) is 0 Å². The summed E-state index contributed by atoms with van der Waals surface area (Å²) < 4.78 is 18.8. The first kappa shape index (κ1) is 26.7. The maximum atomic E-state index is 10.5.